The lowest BCUT2D eigenvalue weighted by Gasteiger charge is -2.10. The van der Waals surface area contributed by atoms with Crippen LogP contribution in [0.15, 0.2) is 42.5 Å². The van der Waals surface area contributed by atoms with Gasteiger partial charge in [-0.05, 0) is 42.5 Å². The predicted octanol–water partition coefficient (Wildman–Crippen LogP) is 4.43. The highest BCUT2D eigenvalue weighted by Gasteiger charge is 2.35. The maximum atomic E-state index is 12.4. The molecule has 0 saturated carbocycles. The number of rotatable bonds is 4. The number of amides is 2. The van der Waals surface area contributed by atoms with Crippen molar-refractivity contribution in [1.82, 2.24) is 14.8 Å². The zero-order valence-corrected chi connectivity index (χ0v) is 16.4. The van der Waals surface area contributed by atoms with Crippen molar-refractivity contribution >= 4 is 58.3 Å². The Morgan fingerprint density at radius 2 is 1.75 bits per heavy atom. The largest absolute Gasteiger partial charge is 0.326 e. The van der Waals surface area contributed by atoms with Crippen LogP contribution >= 0.6 is 34.8 Å². The third-order valence-electron chi connectivity index (χ3n) is 4.09. The average molecular weight is 437 g/mol. The summed E-state index contributed by atoms with van der Waals surface area (Å²) in [6, 6.07) is 10.9. The summed E-state index contributed by atoms with van der Waals surface area (Å²) in [6.45, 7) is 0. The van der Waals surface area contributed by atoms with Gasteiger partial charge in [-0.1, -0.05) is 34.8 Å². The Bertz CT molecular complexity index is 1060. The number of anilines is 2. The fraction of sp³-hybridized carbons (Fsp3) is 0.111. The van der Waals surface area contributed by atoms with Crippen LogP contribution < -0.4 is 10.6 Å². The smallest absolute Gasteiger partial charge is 0.252 e. The summed E-state index contributed by atoms with van der Waals surface area (Å²) >= 11 is 17.8. The van der Waals surface area contributed by atoms with E-state index in [0.717, 1.165) is 5.56 Å². The van der Waals surface area contributed by atoms with E-state index >= 15 is 0 Å². The number of carbonyl (C=O) groups excluding carboxylic acids is 2. The minimum atomic E-state index is -0.807. The molecule has 1 aromatic heterocycles. The monoisotopic (exact) mass is 435 g/mol. The zero-order chi connectivity index (χ0) is 19.8. The summed E-state index contributed by atoms with van der Waals surface area (Å²) in [5, 5.41) is 11.1. The van der Waals surface area contributed by atoms with Crippen LogP contribution in [-0.4, -0.2) is 26.6 Å². The molecule has 1 aliphatic heterocycles. The van der Waals surface area contributed by atoms with Crippen LogP contribution in [0.25, 0.3) is 11.4 Å². The molecule has 142 valence electrons. The van der Waals surface area contributed by atoms with E-state index in [0.29, 0.717) is 32.5 Å². The maximum absolute atomic E-state index is 12.4. The molecule has 10 heteroatoms. The normalized spacial score (nSPS) is 15.2. The summed E-state index contributed by atoms with van der Waals surface area (Å²) in [7, 11) is 0. The van der Waals surface area contributed by atoms with E-state index in [9.17, 15) is 9.59 Å². The van der Waals surface area contributed by atoms with Gasteiger partial charge in [0.15, 0.2) is 5.82 Å². The second-order valence-electron chi connectivity index (χ2n) is 6.13. The van der Waals surface area contributed by atoms with Crippen LogP contribution in [0.3, 0.4) is 0 Å². The Morgan fingerprint density at radius 1 is 1.07 bits per heavy atom. The number of halogens is 3. The number of carbonyl (C=O) groups is 2. The highest BCUT2D eigenvalue weighted by Crippen LogP contribution is 2.29. The van der Waals surface area contributed by atoms with E-state index in [1.54, 1.807) is 42.5 Å². The topological polar surface area (TPSA) is 88.9 Å². The van der Waals surface area contributed by atoms with Crippen LogP contribution in [-0.2, 0) is 9.59 Å². The number of benzene rings is 2. The molecule has 0 aliphatic carbocycles. The van der Waals surface area contributed by atoms with Gasteiger partial charge in [-0.2, -0.15) is 4.98 Å². The molecule has 0 saturated heterocycles. The summed E-state index contributed by atoms with van der Waals surface area (Å²) in [5.74, 6) is -0.0101. The van der Waals surface area contributed by atoms with Crippen LogP contribution in [0.5, 0.6) is 0 Å². The first-order valence-electron chi connectivity index (χ1n) is 8.18. The Kier molecular flexibility index (Phi) is 4.97. The van der Waals surface area contributed by atoms with Gasteiger partial charge in [0, 0.05) is 26.3 Å². The van der Waals surface area contributed by atoms with Gasteiger partial charge in [-0.15, -0.1) is 5.10 Å². The first kappa shape index (κ1) is 18.7. The van der Waals surface area contributed by atoms with Gasteiger partial charge in [-0.3, -0.25) is 14.9 Å². The van der Waals surface area contributed by atoms with E-state index in [1.807, 2.05) is 0 Å². The molecule has 1 atom stereocenters. The fourth-order valence-corrected chi connectivity index (χ4v) is 3.50. The molecule has 3 aromatic rings. The van der Waals surface area contributed by atoms with Crippen LogP contribution in [0.4, 0.5) is 11.6 Å². The Labute approximate surface area is 174 Å². The molecule has 2 amide bonds. The van der Waals surface area contributed by atoms with Crippen molar-refractivity contribution in [3.8, 4) is 11.4 Å². The van der Waals surface area contributed by atoms with Gasteiger partial charge in [0.2, 0.25) is 11.9 Å². The average Bonchev–Trinajstić information content (AvgIpc) is 3.13. The SMILES string of the molecule is O=C(CC1C(=O)Nc2nc(-c3ccc(Cl)cc3)nn21)Nc1cc(Cl)cc(Cl)c1. The molecule has 0 radical (unpaired) electrons. The van der Waals surface area contributed by atoms with Crippen LogP contribution in [0.2, 0.25) is 15.1 Å². The molecule has 28 heavy (non-hydrogen) atoms. The molecule has 1 unspecified atom stereocenters. The second kappa shape index (κ2) is 7.43. The van der Waals surface area contributed by atoms with E-state index in [1.165, 1.54) is 4.68 Å². The van der Waals surface area contributed by atoms with Crippen molar-refractivity contribution in [2.24, 2.45) is 0 Å². The Hall–Kier alpha value is -2.61. The van der Waals surface area contributed by atoms with Crippen molar-refractivity contribution in [3.05, 3.63) is 57.5 Å². The Balaban J connectivity index is 1.52. The third-order valence-corrected chi connectivity index (χ3v) is 4.78. The first-order chi connectivity index (χ1) is 13.4. The molecular formula is C18H12Cl3N5O2. The summed E-state index contributed by atoms with van der Waals surface area (Å²) in [4.78, 5) is 29.0. The standard InChI is InChI=1S/C18H12Cl3N5O2/c19-10-3-1-9(2-4-10)16-23-18-24-17(28)14(26(18)25-16)8-15(27)22-13-6-11(20)5-12(21)7-13/h1-7,14H,8H2,(H,22,27)(H,23,24,25,28). The lowest BCUT2D eigenvalue weighted by atomic mass is 10.2. The number of aromatic nitrogens is 3. The van der Waals surface area contributed by atoms with Crippen molar-refractivity contribution in [2.45, 2.75) is 12.5 Å². The molecule has 1 aliphatic rings. The molecule has 2 aromatic carbocycles. The summed E-state index contributed by atoms with van der Waals surface area (Å²) < 4.78 is 1.41. The lowest BCUT2D eigenvalue weighted by Crippen LogP contribution is -2.23. The van der Waals surface area contributed by atoms with Crippen molar-refractivity contribution in [3.63, 3.8) is 0 Å². The van der Waals surface area contributed by atoms with Crippen molar-refractivity contribution in [1.29, 1.82) is 0 Å². The molecular weight excluding hydrogens is 425 g/mol. The maximum Gasteiger partial charge on any atom is 0.252 e. The quantitative estimate of drug-likeness (QED) is 0.633. The van der Waals surface area contributed by atoms with Gasteiger partial charge in [0.1, 0.15) is 6.04 Å². The lowest BCUT2D eigenvalue weighted by molar-refractivity contribution is -0.123. The highest BCUT2D eigenvalue weighted by molar-refractivity contribution is 6.35. The summed E-state index contributed by atoms with van der Waals surface area (Å²) in [5.41, 5.74) is 1.19. The molecule has 0 bridgehead atoms. The van der Waals surface area contributed by atoms with Crippen molar-refractivity contribution in [2.75, 3.05) is 10.6 Å². The van der Waals surface area contributed by atoms with Gasteiger partial charge >= 0.3 is 0 Å². The minimum absolute atomic E-state index is 0.119. The zero-order valence-electron chi connectivity index (χ0n) is 14.1. The molecule has 7 nitrogen and oxygen atoms in total. The van der Waals surface area contributed by atoms with Gasteiger partial charge < -0.3 is 5.32 Å². The molecule has 0 fully saturated rings. The number of hydrogen-bond acceptors (Lipinski definition) is 4. The van der Waals surface area contributed by atoms with Crippen LogP contribution in [0, 0.1) is 0 Å². The number of fused-ring (bicyclic) bond motifs is 1. The van der Waals surface area contributed by atoms with E-state index in [-0.39, 0.29) is 18.2 Å². The van der Waals surface area contributed by atoms with Gasteiger partial charge in [0.05, 0.1) is 6.42 Å². The molecule has 2 heterocycles. The number of nitrogens with one attached hydrogen (secondary N) is 2. The van der Waals surface area contributed by atoms with Gasteiger partial charge in [-0.25, -0.2) is 4.68 Å². The van der Waals surface area contributed by atoms with Crippen molar-refractivity contribution < 1.29 is 9.59 Å². The second-order valence-corrected chi connectivity index (χ2v) is 7.44. The van der Waals surface area contributed by atoms with Crippen LogP contribution in [0.1, 0.15) is 12.5 Å². The Morgan fingerprint density at radius 3 is 2.43 bits per heavy atom. The number of hydrogen-bond donors (Lipinski definition) is 2. The number of nitrogens with zero attached hydrogens (tertiary/aromatic N) is 3. The summed E-state index contributed by atoms with van der Waals surface area (Å²) in [6.07, 6.45) is -0.119. The van der Waals surface area contributed by atoms with E-state index < -0.39 is 6.04 Å². The highest BCUT2D eigenvalue weighted by atomic mass is 35.5. The molecule has 0 spiro atoms. The predicted molar refractivity (Wildman–Crippen MR) is 108 cm³/mol. The van der Waals surface area contributed by atoms with E-state index in [4.69, 9.17) is 34.8 Å². The third kappa shape index (κ3) is 3.82. The minimum Gasteiger partial charge on any atom is -0.326 e. The molecule has 2 N–H and O–H groups in total. The molecule has 4 rings (SSSR count). The van der Waals surface area contributed by atoms with E-state index in [2.05, 4.69) is 20.7 Å². The van der Waals surface area contributed by atoms with Gasteiger partial charge in [0.25, 0.3) is 5.91 Å². The first-order valence-corrected chi connectivity index (χ1v) is 9.32. The fourth-order valence-electron chi connectivity index (χ4n) is 2.84.